The average molecular weight is 740 g/mol. The van der Waals surface area contributed by atoms with Crippen LogP contribution >= 0.6 is 0 Å². The summed E-state index contributed by atoms with van der Waals surface area (Å²) in [5, 5.41) is 5.04. The van der Waals surface area contributed by atoms with Crippen molar-refractivity contribution < 1.29 is 0 Å². The van der Waals surface area contributed by atoms with Crippen molar-refractivity contribution in [1.29, 1.82) is 0 Å². The largest absolute Gasteiger partial charge is 0.309 e. The highest BCUT2D eigenvalue weighted by Gasteiger charge is 2.51. The molecule has 0 N–H and O–H groups in total. The maximum Gasteiger partial charge on any atom is 0.0725 e. The predicted molar refractivity (Wildman–Crippen MR) is 244 cm³/mol. The summed E-state index contributed by atoms with van der Waals surface area (Å²) in [5.41, 5.74) is 20.7. The first-order chi connectivity index (χ1) is 28.7. The van der Waals surface area contributed by atoms with E-state index in [0.717, 1.165) is 6.42 Å². The molecule has 12 rings (SSSR count). The molecule has 9 aromatic carbocycles. The summed E-state index contributed by atoms with van der Waals surface area (Å²) in [5.74, 6) is 0. The van der Waals surface area contributed by atoms with Crippen molar-refractivity contribution in [2.75, 3.05) is 0 Å². The van der Waals surface area contributed by atoms with Gasteiger partial charge in [-0.3, -0.25) is 0 Å². The normalized spacial score (nSPS) is 14.9. The number of fused-ring (bicyclic) bond motifs is 14. The zero-order chi connectivity index (χ0) is 38.4. The molecule has 1 aromatic heterocycles. The van der Waals surface area contributed by atoms with Crippen LogP contribution in [-0.2, 0) is 11.8 Å². The lowest BCUT2D eigenvalue weighted by Gasteiger charge is -2.30. The fourth-order valence-corrected chi connectivity index (χ4v) is 10.5. The second kappa shape index (κ2) is 12.8. The van der Waals surface area contributed by atoms with E-state index in [1.165, 1.54) is 123 Å². The molecule has 2 aliphatic carbocycles. The van der Waals surface area contributed by atoms with Crippen LogP contribution in [0.3, 0.4) is 0 Å². The highest BCUT2D eigenvalue weighted by Crippen LogP contribution is 2.63. The van der Waals surface area contributed by atoms with E-state index in [0.29, 0.717) is 0 Å². The molecule has 10 aromatic rings. The molecule has 1 atom stereocenters. The highest BCUT2D eigenvalue weighted by atomic mass is 15.0. The summed E-state index contributed by atoms with van der Waals surface area (Å²) >= 11 is 0. The molecular weight excluding hydrogens is 699 g/mol. The van der Waals surface area contributed by atoms with Gasteiger partial charge in [0, 0.05) is 16.5 Å². The first-order valence-electron chi connectivity index (χ1n) is 20.8. The SMILES string of the molecule is CCCCc1ccc2c(c1)-c1ccccc1C21c2ccccc2-c2cc(-c3ccc(-c4ccc5c(c4)c4ccccc4n5-c4ccc5ccccc5c4)cc3)ccc21. The molecule has 0 amide bonds. The van der Waals surface area contributed by atoms with Crippen molar-refractivity contribution in [1.82, 2.24) is 4.57 Å². The molecule has 1 heterocycles. The Hall–Kier alpha value is -6.96. The van der Waals surface area contributed by atoms with Crippen LogP contribution in [0, 0.1) is 0 Å². The van der Waals surface area contributed by atoms with Gasteiger partial charge < -0.3 is 4.57 Å². The van der Waals surface area contributed by atoms with Crippen LogP contribution in [-0.4, -0.2) is 4.57 Å². The van der Waals surface area contributed by atoms with Crippen LogP contribution < -0.4 is 0 Å². The standard InChI is InChI=1S/C57H41N/c1-2-3-12-37-21-30-53-48(33-37)45-15-6-9-18-51(45)57(53)52-19-10-7-16-46(52)49-35-42(27-31-54(49)57)39-22-24-40(25-23-39)43-28-32-56-50(36-43)47-17-8-11-20-55(47)58(56)44-29-26-38-13-4-5-14-41(38)34-44/h4-11,13-36H,2-3,12H2,1H3. The molecule has 2 aliphatic rings. The number of para-hydroxylation sites is 1. The number of nitrogens with zero attached hydrogens (tertiary/aromatic N) is 1. The van der Waals surface area contributed by atoms with Gasteiger partial charge in [-0.05, 0) is 132 Å². The summed E-state index contributed by atoms with van der Waals surface area (Å²) in [6.07, 6.45) is 3.55. The zero-order valence-electron chi connectivity index (χ0n) is 32.5. The van der Waals surface area contributed by atoms with E-state index in [-0.39, 0.29) is 5.41 Å². The van der Waals surface area contributed by atoms with Gasteiger partial charge in [-0.2, -0.15) is 0 Å². The van der Waals surface area contributed by atoms with Gasteiger partial charge in [-0.15, -0.1) is 0 Å². The number of hydrogen-bond acceptors (Lipinski definition) is 0. The first kappa shape index (κ1) is 33.2. The third-order valence-electron chi connectivity index (χ3n) is 13.2. The van der Waals surface area contributed by atoms with E-state index < -0.39 is 0 Å². The molecule has 1 nitrogen and oxygen atoms in total. The number of unbranched alkanes of at least 4 members (excludes halogenated alkanes) is 1. The molecule has 0 fully saturated rings. The molecule has 0 saturated heterocycles. The van der Waals surface area contributed by atoms with Crippen LogP contribution in [0.4, 0.5) is 0 Å². The molecule has 0 bridgehead atoms. The zero-order valence-corrected chi connectivity index (χ0v) is 32.5. The fraction of sp³-hybridized carbons (Fsp3) is 0.0877. The summed E-state index contributed by atoms with van der Waals surface area (Å²) < 4.78 is 2.41. The van der Waals surface area contributed by atoms with Crippen LogP contribution in [0.15, 0.2) is 194 Å². The maximum absolute atomic E-state index is 2.48. The highest BCUT2D eigenvalue weighted by molar-refractivity contribution is 6.10. The van der Waals surface area contributed by atoms with Gasteiger partial charge in [0.1, 0.15) is 0 Å². The second-order valence-electron chi connectivity index (χ2n) is 16.3. The number of aryl methyl sites for hydroxylation is 1. The number of hydrogen-bond donors (Lipinski definition) is 0. The molecule has 1 unspecified atom stereocenters. The van der Waals surface area contributed by atoms with Gasteiger partial charge in [-0.1, -0.05) is 171 Å². The molecular formula is C57H41N. The van der Waals surface area contributed by atoms with E-state index >= 15 is 0 Å². The molecule has 0 radical (unpaired) electrons. The van der Waals surface area contributed by atoms with Gasteiger partial charge in [-0.25, -0.2) is 0 Å². The first-order valence-corrected chi connectivity index (χ1v) is 20.8. The lowest BCUT2D eigenvalue weighted by Crippen LogP contribution is -2.25. The Morgan fingerprint density at radius 3 is 1.72 bits per heavy atom. The summed E-state index contributed by atoms with van der Waals surface area (Å²) in [6, 6.07) is 73.1. The van der Waals surface area contributed by atoms with Crippen molar-refractivity contribution in [3.05, 3.63) is 222 Å². The van der Waals surface area contributed by atoms with E-state index in [9.17, 15) is 0 Å². The van der Waals surface area contributed by atoms with E-state index in [1.54, 1.807) is 0 Å². The summed E-state index contributed by atoms with van der Waals surface area (Å²) in [7, 11) is 0. The fourth-order valence-electron chi connectivity index (χ4n) is 10.5. The summed E-state index contributed by atoms with van der Waals surface area (Å²) in [6.45, 7) is 2.28. The Kier molecular flexibility index (Phi) is 7.32. The number of aromatic nitrogens is 1. The Balaban J connectivity index is 0.937. The van der Waals surface area contributed by atoms with Crippen molar-refractivity contribution >= 4 is 32.6 Å². The Morgan fingerprint density at radius 1 is 0.397 bits per heavy atom. The van der Waals surface area contributed by atoms with Gasteiger partial charge in [0.25, 0.3) is 0 Å². The monoisotopic (exact) mass is 739 g/mol. The molecule has 58 heavy (non-hydrogen) atoms. The second-order valence-corrected chi connectivity index (χ2v) is 16.3. The molecule has 1 heteroatoms. The van der Waals surface area contributed by atoms with Crippen LogP contribution in [0.25, 0.3) is 82.8 Å². The van der Waals surface area contributed by atoms with E-state index in [2.05, 4.69) is 206 Å². The molecule has 0 saturated carbocycles. The molecule has 274 valence electrons. The van der Waals surface area contributed by atoms with Gasteiger partial charge in [0.05, 0.1) is 16.4 Å². The molecule has 1 spiro atoms. The third-order valence-corrected chi connectivity index (χ3v) is 13.2. The van der Waals surface area contributed by atoms with Crippen LogP contribution in [0.5, 0.6) is 0 Å². The van der Waals surface area contributed by atoms with E-state index in [1.807, 2.05) is 0 Å². The van der Waals surface area contributed by atoms with Crippen LogP contribution in [0.1, 0.15) is 47.6 Å². The Morgan fingerprint density at radius 2 is 0.966 bits per heavy atom. The van der Waals surface area contributed by atoms with Crippen molar-refractivity contribution in [2.45, 2.75) is 31.6 Å². The van der Waals surface area contributed by atoms with Crippen molar-refractivity contribution in [3.8, 4) is 50.2 Å². The lowest BCUT2D eigenvalue weighted by molar-refractivity contribution is 0.784. The minimum absolute atomic E-state index is 0.320. The van der Waals surface area contributed by atoms with Crippen LogP contribution in [0.2, 0.25) is 0 Å². The third kappa shape index (κ3) is 4.71. The van der Waals surface area contributed by atoms with Gasteiger partial charge in [0.15, 0.2) is 0 Å². The number of benzene rings is 9. The van der Waals surface area contributed by atoms with Gasteiger partial charge >= 0.3 is 0 Å². The summed E-state index contributed by atoms with van der Waals surface area (Å²) in [4.78, 5) is 0. The quantitative estimate of drug-likeness (QED) is 0.160. The minimum atomic E-state index is -0.320. The van der Waals surface area contributed by atoms with Crippen molar-refractivity contribution in [2.24, 2.45) is 0 Å². The number of rotatable bonds is 6. The molecule has 0 aliphatic heterocycles. The minimum Gasteiger partial charge on any atom is -0.309 e. The topological polar surface area (TPSA) is 4.93 Å². The van der Waals surface area contributed by atoms with E-state index in [4.69, 9.17) is 0 Å². The smallest absolute Gasteiger partial charge is 0.0725 e. The lowest BCUT2D eigenvalue weighted by atomic mass is 9.70. The van der Waals surface area contributed by atoms with Crippen molar-refractivity contribution in [3.63, 3.8) is 0 Å². The Bertz CT molecular complexity index is 3270. The average Bonchev–Trinajstić information content (AvgIpc) is 3.89. The Labute approximate surface area is 339 Å². The van der Waals surface area contributed by atoms with Gasteiger partial charge in [0.2, 0.25) is 0 Å². The maximum atomic E-state index is 2.48. The predicted octanol–water partition coefficient (Wildman–Crippen LogP) is 15.0.